The predicted octanol–water partition coefficient (Wildman–Crippen LogP) is 4.92. The van der Waals surface area contributed by atoms with E-state index in [0.717, 1.165) is 16.1 Å². The highest BCUT2D eigenvalue weighted by atomic mass is 35.5. The molecule has 3 aromatic rings. The van der Waals surface area contributed by atoms with Crippen molar-refractivity contribution < 1.29 is 19.1 Å². The topological polar surface area (TPSA) is 85.4 Å². The van der Waals surface area contributed by atoms with Crippen LogP contribution in [0.25, 0.3) is 11.3 Å². The molecule has 1 N–H and O–H groups in total. The van der Waals surface area contributed by atoms with Gasteiger partial charge in [-0.15, -0.1) is 11.3 Å². The second-order valence-electron chi connectivity index (χ2n) is 6.43. The molecule has 0 fully saturated rings. The van der Waals surface area contributed by atoms with Crippen LogP contribution < -0.4 is 5.32 Å². The van der Waals surface area contributed by atoms with Crippen molar-refractivity contribution in [3.63, 3.8) is 0 Å². The monoisotopic (exact) mass is 442 g/mol. The maximum absolute atomic E-state index is 12.1. The van der Waals surface area contributed by atoms with E-state index in [-0.39, 0.29) is 31.1 Å². The number of aromatic nitrogens is 1. The molecule has 0 saturated carbocycles. The number of aryl methyl sites for hydroxylation is 1. The van der Waals surface area contributed by atoms with Crippen molar-refractivity contribution in [2.75, 3.05) is 11.9 Å². The Balaban J connectivity index is 1.45. The molecule has 0 unspecified atom stereocenters. The molecule has 6 nitrogen and oxygen atoms in total. The molecular weight excluding hydrogens is 424 g/mol. The minimum absolute atomic E-state index is 0.0622. The van der Waals surface area contributed by atoms with Crippen LogP contribution in [0.1, 0.15) is 28.1 Å². The molecule has 0 aliphatic heterocycles. The zero-order valence-electron chi connectivity index (χ0n) is 16.2. The Morgan fingerprint density at radius 1 is 1.03 bits per heavy atom. The SMILES string of the molecule is Cc1sc(NC(=O)CCC(=O)OCC(=O)c2ccc(Cl)cc2)nc1-c1ccccc1. The fraction of sp³-hybridized carbons (Fsp3) is 0.182. The van der Waals surface area contributed by atoms with Gasteiger partial charge in [0.05, 0.1) is 12.1 Å². The van der Waals surface area contributed by atoms with Crippen molar-refractivity contribution in [3.05, 3.63) is 70.1 Å². The molecule has 0 radical (unpaired) electrons. The standard InChI is InChI=1S/C22H19ClN2O4S/c1-14-21(16-5-3-2-4-6-16)25-22(30-14)24-19(27)11-12-20(28)29-13-18(26)15-7-9-17(23)10-8-15/h2-10H,11-13H2,1H3,(H,24,25,27). The third kappa shape index (κ3) is 5.98. The van der Waals surface area contributed by atoms with E-state index in [1.807, 2.05) is 37.3 Å². The Hall–Kier alpha value is -3.03. The fourth-order valence-corrected chi connectivity index (χ4v) is 3.63. The number of hydrogen-bond acceptors (Lipinski definition) is 6. The van der Waals surface area contributed by atoms with E-state index in [1.54, 1.807) is 24.3 Å². The molecule has 0 bridgehead atoms. The maximum atomic E-state index is 12.1. The van der Waals surface area contributed by atoms with E-state index in [1.165, 1.54) is 11.3 Å². The minimum Gasteiger partial charge on any atom is -0.457 e. The van der Waals surface area contributed by atoms with Gasteiger partial charge in [-0.1, -0.05) is 41.9 Å². The van der Waals surface area contributed by atoms with Gasteiger partial charge in [0, 0.05) is 27.4 Å². The van der Waals surface area contributed by atoms with E-state index in [9.17, 15) is 14.4 Å². The average molecular weight is 443 g/mol. The van der Waals surface area contributed by atoms with Crippen molar-refractivity contribution >= 4 is 45.7 Å². The summed E-state index contributed by atoms with van der Waals surface area (Å²) in [5, 5.41) is 3.69. The number of benzene rings is 2. The first kappa shape index (κ1) is 21.7. The lowest BCUT2D eigenvalue weighted by molar-refractivity contribution is -0.143. The highest BCUT2D eigenvalue weighted by molar-refractivity contribution is 7.16. The molecular formula is C22H19ClN2O4S. The number of carbonyl (C=O) groups excluding carboxylic acids is 3. The number of hydrogen-bond donors (Lipinski definition) is 1. The Morgan fingerprint density at radius 2 is 1.73 bits per heavy atom. The number of esters is 1. The zero-order valence-corrected chi connectivity index (χ0v) is 17.8. The number of amides is 1. The Labute approximate surface area is 182 Å². The molecule has 2 aromatic carbocycles. The van der Waals surface area contributed by atoms with Crippen LogP contribution in [0, 0.1) is 6.92 Å². The maximum Gasteiger partial charge on any atom is 0.306 e. The average Bonchev–Trinajstić information content (AvgIpc) is 3.11. The van der Waals surface area contributed by atoms with Crippen molar-refractivity contribution in [1.82, 2.24) is 4.98 Å². The quantitative estimate of drug-likeness (QED) is 0.395. The summed E-state index contributed by atoms with van der Waals surface area (Å²) in [5.74, 6) is -1.30. The normalized spacial score (nSPS) is 10.5. The van der Waals surface area contributed by atoms with Gasteiger partial charge >= 0.3 is 5.97 Å². The fourth-order valence-electron chi connectivity index (χ4n) is 2.65. The second kappa shape index (κ2) is 10.1. The van der Waals surface area contributed by atoms with Gasteiger partial charge in [0.15, 0.2) is 17.5 Å². The number of Topliss-reactive ketones (excluding diaryl/α,β-unsaturated/α-hetero) is 1. The molecule has 1 heterocycles. The summed E-state index contributed by atoms with van der Waals surface area (Å²) in [4.78, 5) is 41.4. The number of thiazole rings is 1. The molecule has 1 aromatic heterocycles. The molecule has 0 atom stereocenters. The van der Waals surface area contributed by atoms with Crippen molar-refractivity contribution in [2.45, 2.75) is 19.8 Å². The summed E-state index contributed by atoms with van der Waals surface area (Å²) in [7, 11) is 0. The van der Waals surface area contributed by atoms with Gasteiger partial charge in [-0.05, 0) is 31.2 Å². The molecule has 1 amide bonds. The van der Waals surface area contributed by atoms with E-state index in [0.29, 0.717) is 15.7 Å². The predicted molar refractivity (Wildman–Crippen MR) is 117 cm³/mol. The molecule has 154 valence electrons. The number of rotatable bonds is 8. The lowest BCUT2D eigenvalue weighted by atomic mass is 10.1. The third-order valence-corrected chi connectivity index (χ3v) is 5.32. The summed E-state index contributed by atoms with van der Waals surface area (Å²) in [6, 6.07) is 16.0. The minimum atomic E-state index is -0.618. The van der Waals surface area contributed by atoms with Crippen LogP contribution in [0.5, 0.6) is 0 Å². The van der Waals surface area contributed by atoms with Crippen molar-refractivity contribution in [3.8, 4) is 11.3 Å². The number of ketones is 1. The Bertz CT molecular complexity index is 1050. The lowest BCUT2D eigenvalue weighted by Gasteiger charge is -2.05. The molecule has 0 saturated heterocycles. The first-order valence-electron chi connectivity index (χ1n) is 9.19. The summed E-state index contributed by atoms with van der Waals surface area (Å²) >= 11 is 7.15. The van der Waals surface area contributed by atoms with Crippen LogP contribution in [0.15, 0.2) is 54.6 Å². The number of nitrogens with one attached hydrogen (secondary N) is 1. The van der Waals surface area contributed by atoms with Crippen LogP contribution in [-0.2, 0) is 14.3 Å². The zero-order chi connectivity index (χ0) is 21.5. The largest absolute Gasteiger partial charge is 0.457 e. The lowest BCUT2D eigenvalue weighted by Crippen LogP contribution is -2.17. The number of ether oxygens (including phenoxy) is 1. The molecule has 0 aliphatic carbocycles. The van der Waals surface area contributed by atoms with Gasteiger partial charge < -0.3 is 10.1 Å². The molecule has 0 spiro atoms. The Morgan fingerprint density at radius 3 is 2.43 bits per heavy atom. The van der Waals surface area contributed by atoms with Gasteiger partial charge in [0.25, 0.3) is 0 Å². The molecule has 0 aliphatic rings. The highest BCUT2D eigenvalue weighted by Gasteiger charge is 2.15. The molecule has 30 heavy (non-hydrogen) atoms. The van der Waals surface area contributed by atoms with Crippen LogP contribution >= 0.6 is 22.9 Å². The first-order valence-corrected chi connectivity index (χ1v) is 10.4. The van der Waals surface area contributed by atoms with Crippen molar-refractivity contribution in [1.29, 1.82) is 0 Å². The number of anilines is 1. The first-order chi connectivity index (χ1) is 14.4. The third-order valence-electron chi connectivity index (χ3n) is 4.18. The smallest absolute Gasteiger partial charge is 0.306 e. The second-order valence-corrected chi connectivity index (χ2v) is 8.07. The molecule has 3 rings (SSSR count). The number of nitrogens with zero attached hydrogens (tertiary/aromatic N) is 1. The number of carbonyl (C=O) groups is 3. The number of halogens is 1. The van der Waals surface area contributed by atoms with E-state index < -0.39 is 5.97 Å². The van der Waals surface area contributed by atoms with Crippen LogP contribution in [-0.4, -0.2) is 29.3 Å². The van der Waals surface area contributed by atoms with Crippen LogP contribution in [0.3, 0.4) is 0 Å². The van der Waals surface area contributed by atoms with Crippen LogP contribution in [0.2, 0.25) is 5.02 Å². The van der Waals surface area contributed by atoms with E-state index in [4.69, 9.17) is 16.3 Å². The Kier molecular flexibility index (Phi) is 7.32. The van der Waals surface area contributed by atoms with Gasteiger partial charge in [-0.2, -0.15) is 0 Å². The van der Waals surface area contributed by atoms with Crippen LogP contribution in [0.4, 0.5) is 5.13 Å². The molecule has 8 heteroatoms. The van der Waals surface area contributed by atoms with E-state index in [2.05, 4.69) is 10.3 Å². The van der Waals surface area contributed by atoms with Gasteiger partial charge in [-0.25, -0.2) is 4.98 Å². The summed E-state index contributed by atoms with van der Waals surface area (Å²) in [6.45, 7) is 1.55. The summed E-state index contributed by atoms with van der Waals surface area (Å²) in [6.07, 6.45) is -0.192. The summed E-state index contributed by atoms with van der Waals surface area (Å²) < 4.78 is 4.96. The van der Waals surface area contributed by atoms with Crippen molar-refractivity contribution in [2.24, 2.45) is 0 Å². The summed E-state index contributed by atoms with van der Waals surface area (Å²) in [5.41, 5.74) is 2.19. The van der Waals surface area contributed by atoms with Gasteiger partial charge in [0.2, 0.25) is 5.91 Å². The van der Waals surface area contributed by atoms with Gasteiger partial charge in [0.1, 0.15) is 0 Å². The van der Waals surface area contributed by atoms with E-state index >= 15 is 0 Å². The highest BCUT2D eigenvalue weighted by Crippen LogP contribution is 2.30. The van der Waals surface area contributed by atoms with Gasteiger partial charge in [-0.3, -0.25) is 14.4 Å².